The van der Waals surface area contributed by atoms with E-state index < -0.39 is 0 Å². The molecule has 0 fully saturated rings. The highest BCUT2D eigenvalue weighted by molar-refractivity contribution is 7.11. The zero-order chi connectivity index (χ0) is 11.5. The normalized spacial score (nSPS) is 12.9. The zero-order valence-electron chi connectivity index (χ0n) is 9.68. The molecule has 0 aliphatic heterocycles. The smallest absolute Gasteiger partial charge is 0.0897 e. The van der Waals surface area contributed by atoms with Gasteiger partial charge in [0, 0.05) is 29.5 Å². The predicted molar refractivity (Wildman–Crippen MR) is 67.6 cm³/mol. The van der Waals surface area contributed by atoms with Crippen molar-refractivity contribution in [1.29, 1.82) is 0 Å². The molecule has 1 atom stereocenters. The summed E-state index contributed by atoms with van der Waals surface area (Å²) in [7, 11) is 0. The third-order valence-electron chi connectivity index (χ3n) is 2.65. The molecule has 0 aliphatic carbocycles. The van der Waals surface area contributed by atoms with Crippen molar-refractivity contribution >= 4 is 11.3 Å². The first-order valence-corrected chi connectivity index (χ1v) is 6.33. The predicted octanol–water partition coefficient (Wildman–Crippen LogP) is 2.71. The highest BCUT2D eigenvalue weighted by atomic mass is 32.1. The summed E-state index contributed by atoms with van der Waals surface area (Å²) < 4.78 is 2.16. The van der Waals surface area contributed by atoms with E-state index in [1.54, 1.807) is 11.3 Å². The van der Waals surface area contributed by atoms with Crippen molar-refractivity contribution in [3.05, 3.63) is 40.1 Å². The summed E-state index contributed by atoms with van der Waals surface area (Å²) in [5.74, 6) is 0. The van der Waals surface area contributed by atoms with Crippen LogP contribution in [0.1, 0.15) is 34.8 Å². The lowest BCUT2D eigenvalue weighted by Crippen LogP contribution is -2.07. The fourth-order valence-corrected chi connectivity index (χ4v) is 2.47. The maximum atomic E-state index is 5.98. The summed E-state index contributed by atoms with van der Waals surface area (Å²) in [5.41, 5.74) is 7.19. The van der Waals surface area contributed by atoms with Crippen LogP contribution in [0.4, 0.5) is 0 Å². The Morgan fingerprint density at radius 1 is 1.56 bits per heavy atom. The molecule has 0 radical (unpaired) electrons. The SMILES string of the molecule is CCC(N)c1ccn(Cc2cnc(C)s2)c1. The Bertz CT molecular complexity index is 458. The van der Waals surface area contributed by atoms with Crippen molar-refractivity contribution in [1.82, 2.24) is 9.55 Å². The molecule has 16 heavy (non-hydrogen) atoms. The molecule has 2 N–H and O–H groups in total. The van der Waals surface area contributed by atoms with Gasteiger partial charge in [-0.25, -0.2) is 4.98 Å². The molecular weight excluding hydrogens is 218 g/mol. The van der Waals surface area contributed by atoms with Crippen LogP contribution in [0.3, 0.4) is 0 Å². The van der Waals surface area contributed by atoms with Gasteiger partial charge in [0.15, 0.2) is 0 Å². The number of nitrogens with two attached hydrogens (primary N) is 1. The fraction of sp³-hybridized carbons (Fsp3) is 0.417. The third kappa shape index (κ3) is 2.51. The summed E-state index contributed by atoms with van der Waals surface area (Å²) >= 11 is 1.74. The molecule has 0 bridgehead atoms. The van der Waals surface area contributed by atoms with Crippen molar-refractivity contribution in [3.8, 4) is 0 Å². The minimum Gasteiger partial charge on any atom is -0.349 e. The molecule has 3 nitrogen and oxygen atoms in total. The standard InChI is InChI=1S/C12H17N3S/c1-3-12(13)10-4-5-15(7-10)8-11-6-14-9(2)16-11/h4-7,12H,3,8,13H2,1-2H3. The van der Waals surface area contributed by atoms with E-state index in [0.29, 0.717) is 0 Å². The molecule has 1 unspecified atom stereocenters. The molecule has 2 rings (SSSR count). The van der Waals surface area contributed by atoms with Crippen LogP contribution in [0.25, 0.3) is 0 Å². The summed E-state index contributed by atoms with van der Waals surface area (Å²) in [6.45, 7) is 5.03. The van der Waals surface area contributed by atoms with Gasteiger partial charge in [0.05, 0.1) is 11.6 Å². The molecule has 0 spiro atoms. The van der Waals surface area contributed by atoms with Gasteiger partial charge in [-0.1, -0.05) is 6.92 Å². The van der Waals surface area contributed by atoms with E-state index >= 15 is 0 Å². The Kier molecular flexibility index (Phi) is 3.41. The number of aromatic nitrogens is 2. The lowest BCUT2D eigenvalue weighted by atomic mass is 10.1. The number of rotatable bonds is 4. The van der Waals surface area contributed by atoms with Crippen LogP contribution in [-0.4, -0.2) is 9.55 Å². The first kappa shape index (κ1) is 11.4. The summed E-state index contributed by atoms with van der Waals surface area (Å²) in [6, 6.07) is 2.26. The van der Waals surface area contributed by atoms with Crippen molar-refractivity contribution in [3.63, 3.8) is 0 Å². The highest BCUT2D eigenvalue weighted by Crippen LogP contribution is 2.17. The van der Waals surface area contributed by atoms with E-state index in [9.17, 15) is 0 Å². The molecule has 0 saturated heterocycles. The van der Waals surface area contributed by atoms with Gasteiger partial charge in [0.2, 0.25) is 0 Å². The molecular formula is C12H17N3S. The zero-order valence-corrected chi connectivity index (χ0v) is 10.5. The first-order valence-electron chi connectivity index (χ1n) is 5.51. The van der Waals surface area contributed by atoms with Gasteiger partial charge >= 0.3 is 0 Å². The second-order valence-corrected chi connectivity index (χ2v) is 5.30. The van der Waals surface area contributed by atoms with Crippen LogP contribution in [0, 0.1) is 6.92 Å². The molecule has 2 aromatic rings. The molecule has 86 valence electrons. The molecule has 2 heterocycles. The largest absolute Gasteiger partial charge is 0.349 e. The molecule has 2 aromatic heterocycles. The summed E-state index contributed by atoms with van der Waals surface area (Å²) in [5, 5.41) is 1.12. The van der Waals surface area contributed by atoms with Crippen molar-refractivity contribution in [2.75, 3.05) is 0 Å². The minimum atomic E-state index is 0.157. The minimum absolute atomic E-state index is 0.157. The van der Waals surface area contributed by atoms with Crippen LogP contribution in [-0.2, 0) is 6.54 Å². The monoisotopic (exact) mass is 235 g/mol. The number of aryl methyl sites for hydroxylation is 1. The van der Waals surface area contributed by atoms with Crippen LogP contribution >= 0.6 is 11.3 Å². The van der Waals surface area contributed by atoms with Crippen molar-refractivity contribution < 1.29 is 0 Å². The highest BCUT2D eigenvalue weighted by Gasteiger charge is 2.05. The lowest BCUT2D eigenvalue weighted by molar-refractivity contribution is 0.693. The van der Waals surface area contributed by atoms with Gasteiger partial charge in [0.25, 0.3) is 0 Å². The Hall–Kier alpha value is -1.13. The third-order valence-corrected chi connectivity index (χ3v) is 3.55. The molecule has 4 heteroatoms. The topological polar surface area (TPSA) is 43.8 Å². The Labute approximate surface area is 99.9 Å². The molecule has 0 saturated carbocycles. The molecule has 0 amide bonds. The van der Waals surface area contributed by atoms with E-state index in [-0.39, 0.29) is 6.04 Å². The van der Waals surface area contributed by atoms with Gasteiger partial charge in [-0.3, -0.25) is 0 Å². The van der Waals surface area contributed by atoms with E-state index in [2.05, 4.69) is 34.9 Å². The molecule has 0 aliphatic rings. The molecule has 0 aromatic carbocycles. The van der Waals surface area contributed by atoms with Crippen molar-refractivity contribution in [2.24, 2.45) is 5.73 Å². The Morgan fingerprint density at radius 2 is 2.38 bits per heavy atom. The number of thiazole rings is 1. The van der Waals surface area contributed by atoms with Crippen LogP contribution < -0.4 is 5.73 Å². The summed E-state index contributed by atoms with van der Waals surface area (Å²) in [4.78, 5) is 5.53. The quantitative estimate of drug-likeness (QED) is 0.885. The van der Waals surface area contributed by atoms with Gasteiger partial charge in [0.1, 0.15) is 0 Å². The van der Waals surface area contributed by atoms with Gasteiger partial charge in [-0.05, 0) is 25.0 Å². The maximum absolute atomic E-state index is 5.98. The maximum Gasteiger partial charge on any atom is 0.0897 e. The number of hydrogen-bond acceptors (Lipinski definition) is 3. The van der Waals surface area contributed by atoms with E-state index in [1.165, 1.54) is 10.4 Å². The second kappa shape index (κ2) is 4.80. The fourth-order valence-electron chi connectivity index (χ4n) is 1.67. The Morgan fingerprint density at radius 3 is 3.00 bits per heavy atom. The Balaban J connectivity index is 2.08. The van der Waals surface area contributed by atoms with Gasteiger partial charge in [-0.15, -0.1) is 11.3 Å². The van der Waals surface area contributed by atoms with E-state index in [0.717, 1.165) is 18.0 Å². The number of nitrogens with zero attached hydrogens (tertiary/aromatic N) is 2. The average Bonchev–Trinajstić information content (AvgIpc) is 2.87. The van der Waals surface area contributed by atoms with Gasteiger partial charge in [-0.2, -0.15) is 0 Å². The summed E-state index contributed by atoms with van der Waals surface area (Å²) in [6.07, 6.45) is 7.13. The second-order valence-electron chi connectivity index (χ2n) is 3.98. The van der Waals surface area contributed by atoms with Crippen molar-refractivity contribution in [2.45, 2.75) is 32.9 Å². The van der Waals surface area contributed by atoms with E-state index in [4.69, 9.17) is 5.73 Å². The van der Waals surface area contributed by atoms with Crippen LogP contribution in [0.2, 0.25) is 0 Å². The first-order chi connectivity index (χ1) is 7.69. The number of hydrogen-bond donors (Lipinski definition) is 1. The lowest BCUT2D eigenvalue weighted by Gasteiger charge is -2.05. The van der Waals surface area contributed by atoms with Crippen LogP contribution in [0.5, 0.6) is 0 Å². The van der Waals surface area contributed by atoms with E-state index in [1.807, 2.05) is 13.1 Å². The average molecular weight is 235 g/mol. The van der Waals surface area contributed by atoms with Gasteiger partial charge < -0.3 is 10.3 Å². The van der Waals surface area contributed by atoms with Crippen LogP contribution in [0.15, 0.2) is 24.7 Å².